The van der Waals surface area contributed by atoms with Gasteiger partial charge in [0.2, 0.25) is 5.75 Å². The molecule has 1 heterocycles. The summed E-state index contributed by atoms with van der Waals surface area (Å²) in [5.74, 6) is 1.35. The summed E-state index contributed by atoms with van der Waals surface area (Å²) in [7, 11) is -2.65. The van der Waals surface area contributed by atoms with E-state index in [9.17, 15) is 4.57 Å². The maximum Gasteiger partial charge on any atom is 0.751 e. The molecule has 56 heavy (non-hydrogen) atoms. The lowest BCUT2D eigenvalue weighted by molar-refractivity contribution is 0.0900. The van der Waals surface area contributed by atoms with Gasteiger partial charge in [-0.05, 0) is 109 Å². The van der Waals surface area contributed by atoms with E-state index in [1.165, 1.54) is 131 Å². The van der Waals surface area contributed by atoms with Crippen LogP contribution in [-0.2, 0) is 14.7 Å². The van der Waals surface area contributed by atoms with E-state index >= 15 is 0 Å². The standard InChI is InChI=1S/C49H63N3O3P/c1-3-4-5-6-7-8-9-10-23-36-49(43-30-19-17-28-41(43)39-24-13-11-14-25-39,44-31-20-18-29-42(44)40-26-15-12-16-27-40)55-56(53)54-48-35-34-38(2)37-47(48)52-50-45-32-21-22-33-46(45)51-52/h17-22,28-35,37,39-40H,3-16,23-27,36H2,1-2H3/q+1. The lowest BCUT2D eigenvalue weighted by Gasteiger charge is -2.37. The molecule has 0 radical (unpaired) electrons. The zero-order chi connectivity index (χ0) is 38.6. The Labute approximate surface area is 336 Å². The van der Waals surface area contributed by atoms with Gasteiger partial charge in [0.15, 0.2) is 5.60 Å². The summed E-state index contributed by atoms with van der Waals surface area (Å²) in [4.78, 5) is 1.60. The minimum atomic E-state index is -2.65. The lowest BCUT2D eigenvalue weighted by atomic mass is 9.71. The summed E-state index contributed by atoms with van der Waals surface area (Å²) in [6, 6.07) is 31.6. The molecule has 1 atom stereocenters. The Bertz CT molecular complexity index is 1920. The summed E-state index contributed by atoms with van der Waals surface area (Å²) < 4.78 is 28.7. The molecule has 2 aliphatic rings. The quantitative estimate of drug-likeness (QED) is 0.0618. The molecule has 4 aromatic carbocycles. The highest BCUT2D eigenvalue weighted by atomic mass is 31.1. The summed E-state index contributed by atoms with van der Waals surface area (Å²) in [6.45, 7) is 4.32. The van der Waals surface area contributed by atoms with Crippen molar-refractivity contribution in [1.82, 2.24) is 15.0 Å². The third-order valence-corrected chi connectivity index (χ3v) is 13.3. The second kappa shape index (κ2) is 20.0. The fourth-order valence-electron chi connectivity index (χ4n) is 9.57. The fourth-order valence-corrected chi connectivity index (χ4v) is 10.5. The van der Waals surface area contributed by atoms with Gasteiger partial charge in [-0.15, -0.1) is 15.0 Å². The van der Waals surface area contributed by atoms with Crippen LogP contribution in [0.1, 0.15) is 175 Å². The van der Waals surface area contributed by atoms with E-state index in [1.807, 2.05) is 49.4 Å². The van der Waals surface area contributed by atoms with E-state index in [4.69, 9.17) is 19.2 Å². The fraction of sp³-hybridized carbons (Fsp3) is 0.510. The van der Waals surface area contributed by atoms with Crippen LogP contribution < -0.4 is 4.52 Å². The molecule has 0 saturated heterocycles. The van der Waals surface area contributed by atoms with E-state index in [0.29, 0.717) is 23.3 Å². The van der Waals surface area contributed by atoms with E-state index in [1.54, 1.807) is 4.80 Å². The van der Waals surface area contributed by atoms with Crippen LogP contribution in [0.5, 0.6) is 5.75 Å². The van der Waals surface area contributed by atoms with Gasteiger partial charge in [0.1, 0.15) is 16.7 Å². The molecule has 0 N–H and O–H groups in total. The molecule has 2 saturated carbocycles. The van der Waals surface area contributed by atoms with Crippen molar-refractivity contribution >= 4 is 19.3 Å². The maximum atomic E-state index is 14.9. The number of hydrogen-bond donors (Lipinski definition) is 0. The van der Waals surface area contributed by atoms with Gasteiger partial charge in [0.25, 0.3) is 0 Å². The molecule has 0 aliphatic heterocycles. The Balaban J connectivity index is 1.28. The van der Waals surface area contributed by atoms with Crippen molar-refractivity contribution in [2.24, 2.45) is 0 Å². The van der Waals surface area contributed by atoms with Gasteiger partial charge in [-0.1, -0.05) is 168 Å². The summed E-state index contributed by atoms with van der Waals surface area (Å²) >= 11 is 0. The van der Waals surface area contributed by atoms with Crippen LogP contribution in [0.25, 0.3) is 16.7 Å². The van der Waals surface area contributed by atoms with E-state index in [2.05, 4.69) is 55.5 Å². The summed E-state index contributed by atoms with van der Waals surface area (Å²) in [5, 5.41) is 9.53. The number of benzene rings is 4. The monoisotopic (exact) mass is 772 g/mol. The van der Waals surface area contributed by atoms with Crippen LogP contribution in [0.2, 0.25) is 0 Å². The molecular weight excluding hydrogens is 710 g/mol. The highest BCUT2D eigenvalue weighted by Gasteiger charge is 2.49. The molecule has 5 aromatic rings. The van der Waals surface area contributed by atoms with Gasteiger partial charge in [0.05, 0.1) is 0 Å². The molecular formula is C49H63N3O3P+. The first kappa shape index (κ1) is 40.3. The van der Waals surface area contributed by atoms with Crippen molar-refractivity contribution < 1.29 is 13.6 Å². The molecule has 0 bridgehead atoms. The Hall–Kier alpha value is -3.86. The average Bonchev–Trinajstić information content (AvgIpc) is 3.68. The average molecular weight is 773 g/mol. The molecule has 296 valence electrons. The largest absolute Gasteiger partial charge is 0.751 e. The SMILES string of the molecule is CCCCCCCCCCCC(O[P+](=O)Oc1ccc(C)cc1-n1nc2ccccc2n1)(c1ccccc1C1CCCCC1)c1ccccc1C1CCCCC1. The molecule has 1 aromatic heterocycles. The number of rotatable bonds is 19. The molecule has 2 aliphatic carbocycles. The second-order valence-electron chi connectivity index (χ2n) is 16.6. The predicted molar refractivity (Wildman–Crippen MR) is 230 cm³/mol. The van der Waals surface area contributed by atoms with Crippen molar-refractivity contribution in [1.29, 1.82) is 0 Å². The molecule has 7 rings (SSSR count). The number of fused-ring (bicyclic) bond motifs is 1. The lowest BCUT2D eigenvalue weighted by Crippen LogP contribution is -2.33. The zero-order valence-corrected chi connectivity index (χ0v) is 34.9. The summed E-state index contributed by atoms with van der Waals surface area (Å²) in [5.41, 5.74) is 7.37. The molecule has 6 nitrogen and oxygen atoms in total. The molecule has 1 unspecified atom stereocenters. The molecule has 7 heteroatoms. The van der Waals surface area contributed by atoms with Crippen LogP contribution in [-0.4, -0.2) is 15.0 Å². The van der Waals surface area contributed by atoms with Crippen molar-refractivity contribution in [2.75, 3.05) is 0 Å². The topological polar surface area (TPSA) is 66.2 Å². The van der Waals surface area contributed by atoms with E-state index in [0.717, 1.165) is 35.9 Å². The number of unbranched alkanes of at least 4 members (excludes halogenated alkanes) is 8. The number of aromatic nitrogens is 3. The van der Waals surface area contributed by atoms with Crippen LogP contribution in [0.15, 0.2) is 91.0 Å². The van der Waals surface area contributed by atoms with Gasteiger partial charge >= 0.3 is 8.25 Å². The molecule has 0 spiro atoms. The Morgan fingerprint density at radius 2 is 1.14 bits per heavy atom. The number of nitrogens with zero attached hydrogens (tertiary/aromatic N) is 3. The third kappa shape index (κ3) is 9.80. The molecule has 0 amide bonds. The number of aryl methyl sites for hydroxylation is 1. The first-order valence-corrected chi connectivity index (χ1v) is 23.1. The van der Waals surface area contributed by atoms with Crippen molar-refractivity contribution in [2.45, 2.75) is 160 Å². The molecule has 2 fully saturated rings. The Morgan fingerprint density at radius 3 is 1.70 bits per heavy atom. The van der Waals surface area contributed by atoms with Gasteiger partial charge < -0.3 is 0 Å². The van der Waals surface area contributed by atoms with Crippen LogP contribution in [0, 0.1) is 6.92 Å². The highest BCUT2D eigenvalue weighted by molar-refractivity contribution is 7.33. The van der Waals surface area contributed by atoms with Gasteiger partial charge in [-0.2, -0.15) is 0 Å². The summed E-state index contributed by atoms with van der Waals surface area (Å²) in [6.07, 6.45) is 24.2. The predicted octanol–water partition coefficient (Wildman–Crippen LogP) is 14.7. The van der Waals surface area contributed by atoms with Crippen molar-refractivity contribution in [3.05, 3.63) is 119 Å². The van der Waals surface area contributed by atoms with Crippen LogP contribution >= 0.6 is 8.25 Å². The van der Waals surface area contributed by atoms with Crippen molar-refractivity contribution in [3.8, 4) is 11.4 Å². The zero-order valence-electron chi connectivity index (χ0n) is 34.0. The smallest absolute Gasteiger partial charge is 0.227 e. The normalized spacial score (nSPS) is 16.0. The number of hydrogen-bond acceptors (Lipinski definition) is 5. The third-order valence-electron chi connectivity index (χ3n) is 12.5. The first-order chi connectivity index (χ1) is 27.6. The Kier molecular flexibility index (Phi) is 14.4. The van der Waals surface area contributed by atoms with Crippen molar-refractivity contribution in [3.63, 3.8) is 0 Å². The van der Waals surface area contributed by atoms with Gasteiger partial charge in [0, 0.05) is 4.57 Å². The maximum absolute atomic E-state index is 14.9. The van der Waals surface area contributed by atoms with E-state index in [-0.39, 0.29) is 0 Å². The van der Waals surface area contributed by atoms with Gasteiger partial charge in [-0.25, -0.2) is 4.52 Å². The minimum Gasteiger partial charge on any atom is -0.227 e. The van der Waals surface area contributed by atoms with Crippen LogP contribution in [0.3, 0.4) is 0 Å². The first-order valence-electron chi connectivity index (χ1n) is 22.0. The Morgan fingerprint density at radius 1 is 0.643 bits per heavy atom. The highest BCUT2D eigenvalue weighted by Crippen LogP contribution is 2.52. The van der Waals surface area contributed by atoms with Crippen LogP contribution in [0.4, 0.5) is 0 Å². The second-order valence-corrected chi connectivity index (χ2v) is 17.4. The van der Waals surface area contributed by atoms with E-state index < -0.39 is 13.9 Å². The van der Waals surface area contributed by atoms with Gasteiger partial charge in [-0.3, -0.25) is 0 Å². The minimum absolute atomic E-state index is 0.440.